The Labute approximate surface area is 82.5 Å². The molecule has 1 aliphatic rings. The second-order valence-corrected chi connectivity index (χ2v) is 4.22. The van der Waals surface area contributed by atoms with Crippen LogP contribution in [0.25, 0.3) is 0 Å². The average molecular weight is 184 g/mol. The van der Waals surface area contributed by atoms with Crippen molar-refractivity contribution < 1.29 is 0 Å². The minimum atomic E-state index is 0.873. The van der Waals surface area contributed by atoms with Crippen LogP contribution in [-0.4, -0.2) is 31.1 Å². The summed E-state index contributed by atoms with van der Waals surface area (Å²) in [5.74, 6) is 0.909. The summed E-state index contributed by atoms with van der Waals surface area (Å²) in [5, 5.41) is 0. The molecule has 78 valence electrons. The number of likely N-dealkylation sites (tertiary alicyclic amines) is 1. The van der Waals surface area contributed by atoms with E-state index in [-0.39, 0.29) is 0 Å². The largest absolute Gasteiger partial charge is 0.330 e. The zero-order valence-corrected chi connectivity index (χ0v) is 8.97. The molecule has 2 N–H and O–H groups in total. The minimum absolute atomic E-state index is 0.873. The number of nitrogens with two attached hydrogens (primary N) is 1. The van der Waals surface area contributed by atoms with Crippen LogP contribution in [-0.2, 0) is 0 Å². The second kappa shape index (κ2) is 6.39. The van der Waals surface area contributed by atoms with E-state index in [4.69, 9.17) is 5.73 Å². The van der Waals surface area contributed by atoms with Gasteiger partial charge in [0.1, 0.15) is 0 Å². The van der Waals surface area contributed by atoms with Gasteiger partial charge in [-0.15, -0.1) is 0 Å². The maximum atomic E-state index is 5.59. The molecule has 1 fully saturated rings. The highest BCUT2D eigenvalue weighted by atomic mass is 15.1. The van der Waals surface area contributed by atoms with Crippen molar-refractivity contribution in [2.45, 2.75) is 39.0 Å². The van der Waals surface area contributed by atoms with E-state index in [0.717, 1.165) is 12.5 Å². The van der Waals surface area contributed by atoms with Gasteiger partial charge in [0.25, 0.3) is 0 Å². The van der Waals surface area contributed by atoms with Crippen LogP contribution in [0.1, 0.15) is 39.0 Å². The van der Waals surface area contributed by atoms with E-state index >= 15 is 0 Å². The molecule has 0 bridgehead atoms. The van der Waals surface area contributed by atoms with E-state index in [1.807, 2.05) is 0 Å². The van der Waals surface area contributed by atoms with Gasteiger partial charge in [0.2, 0.25) is 0 Å². The van der Waals surface area contributed by atoms with Gasteiger partial charge in [0, 0.05) is 0 Å². The second-order valence-electron chi connectivity index (χ2n) is 4.22. The van der Waals surface area contributed by atoms with E-state index in [1.54, 1.807) is 0 Å². The zero-order valence-electron chi connectivity index (χ0n) is 8.97. The van der Waals surface area contributed by atoms with Gasteiger partial charge in [-0.3, -0.25) is 0 Å². The van der Waals surface area contributed by atoms with Crippen molar-refractivity contribution in [3.8, 4) is 0 Å². The summed E-state index contributed by atoms with van der Waals surface area (Å²) in [6, 6.07) is 0. The number of hydrogen-bond acceptors (Lipinski definition) is 2. The van der Waals surface area contributed by atoms with Crippen LogP contribution in [0.5, 0.6) is 0 Å². The highest BCUT2D eigenvalue weighted by molar-refractivity contribution is 4.70. The van der Waals surface area contributed by atoms with Crippen LogP contribution in [0.15, 0.2) is 0 Å². The van der Waals surface area contributed by atoms with Crippen molar-refractivity contribution in [1.82, 2.24) is 4.90 Å². The van der Waals surface area contributed by atoms with Crippen LogP contribution < -0.4 is 5.73 Å². The molecule has 1 saturated heterocycles. The quantitative estimate of drug-likeness (QED) is 0.722. The van der Waals surface area contributed by atoms with E-state index < -0.39 is 0 Å². The molecular formula is C11H24N2. The van der Waals surface area contributed by atoms with Gasteiger partial charge in [0.05, 0.1) is 0 Å². The van der Waals surface area contributed by atoms with E-state index in [1.165, 1.54) is 51.7 Å². The van der Waals surface area contributed by atoms with Crippen LogP contribution in [0, 0.1) is 5.92 Å². The number of nitrogens with zero attached hydrogens (tertiary/aromatic N) is 1. The predicted molar refractivity (Wildman–Crippen MR) is 57.7 cm³/mol. The molecule has 0 spiro atoms. The maximum Gasteiger partial charge on any atom is -0.00161 e. The first-order valence-electron chi connectivity index (χ1n) is 5.79. The lowest BCUT2D eigenvalue weighted by molar-refractivity contribution is 0.280. The average Bonchev–Trinajstić information content (AvgIpc) is 2.33. The molecule has 0 radical (unpaired) electrons. The van der Waals surface area contributed by atoms with Crippen molar-refractivity contribution in [3.63, 3.8) is 0 Å². The molecule has 0 amide bonds. The van der Waals surface area contributed by atoms with Crippen molar-refractivity contribution in [3.05, 3.63) is 0 Å². The van der Waals surface area contributed by atoms with Crippen LogP contribution in [0.2, 0.25) is 0 Å². The summed E-state index contributed by atoms with van der Waals surface area (Å²) in [4.78, 5) is 2.61. The van der Waals surface area contributed by atoms with E-state index in [9.17, 15) is 0 Å². The third-order valence-corrected chi connectivity index (χ3v) is 3.06. The lowest BCUT2D eigenvalue weighted by atomic mass is 9.97. The SMILES string of the molecule is CCCN1CCCC(CCN)CC1. The Hall–Kier alpha value is -0.0800. The lowest BCUT2D eigenvalue weighted by Crippen LogP contribution is -2.25. The van der Waals surface area contributed by atoms with Gasteiger partial charge in [-0.2, -0.15) is 0 Å². The first kappa shape index (κ1) is 11.0. The lowest BCUT2D eigenvalue weighted by Gasteiger charge is -2.18. The summed E-state index contributed by atoms with van der Waals surface area (Å²) in [5.41, 5.74) is 5.59. The fraction of sp³-hybridized carbons (Fsp3) is 1.00. The summed E-state index contributed by atoms with van der Waals surface area (Å²) in [6.45, 7) is 7.05. The summed E-state index contributed by atoms with van der Waals surface area (Å²) < 4.78 is 0. The molecule has 1 aliphatic heterocycles. The van der Waals surface area contributed by atoms with Crippen LogP contribution >= 0.6 is 0 Å². The molecule has 0 aliphatic carbocycles. The van der Waals surface area contributed by atoms with Gasteiger partial charge in [-0.1, -0.05) is 6.92 Å². The molecule has 1 atom stereocenters. The summed E-state index contributed by atoms with van der Waals surface area (Å²) >= 11 is 0. The maximum absolute atomic E-state index is 5.59. The number of rotatable bonds is 4. The van der Waals surface area contributed by atoms with Crippen molar-refractivity contribution in [2.24, 2.45) is 11.7 Å². The smallest absolute Gasteiger partial charge is 0.00161 e. The van der Waals surface area contributed by atoms with Crippen LogP contribution in [0.3, 0.4) is 0 Å². The highest BCUT2D eigenvalue weighted by Gasteiger charge is 2.15. The molecule has 0 saturated carbocycles. The van der Waals surface area contributed by atoms with Crippen LogP contribution in [0.4, 0.5) is 0 Å². The zero-order chi connectivity index (χ0) is 9.52. The van der Waals surface area contributed by atoms with E-state index in [0.29, 0.717) is 0 Å². The molecule has 0 aromatic carbocycles. The van der Waals surface area contributed by atoms with Gasteiger partial charge >= 0.3 is 0 Å². The molecule has 2 nitrogen and oxygen atoms in total. The molecule has 0 aromatic heterocycles. The van der Waals surface area contributed by atoms with Gasteiger partial charge in [-0.25, -0.2) is 0 Å². The van der Waals surface area contributed by atoms with Crippen molar-refractivity contribution in [2.75, 3.05) is 26.2 Å². The number of hydrogen-bond donors (Lipinski definition) is 1. The third kappa shape index (κ3) is 4.10. The molecule has 1 rings (SSSR count). The topological polar surface area (TPSA) is 29.3 Å². The fourth-order valence-electron chi connectivity index (χ4n) is 2.29. The van der Waals surface area contributed by atoms with E-state index in [2.05, 4.69) is 11.8 Å². The predicted octanol–water partition coefficient (Wildman–Crippen LogP) is 1.85. The Kier molecular flexibility index (Phi) is 5.40. The summed E-state index contributed by atoms with van der Waals surface area (Å²) in [6.07, 6.45) is 6.68. The molecular weight excluding hydrogens is 160 g/mol. The molecule has 13 heavy (non-hydrogen) atoms. The van der Waals surface area contributed by atoms with Gasteiger partial charge in [-0.05, 0) is 64.2 Å². The highest BCUT2D eigenvalue weighted by Crippen LogP contribution is 2.19. The Balaban J connectivity index is 2.22. The minimum Gasteiger partial charge on any atom is -0.330 e. The first-order chi connectivity index (χ1) is 6.36. The first-order valence-corrected chi connectivity index (χ1v) is 5.79. The molecule has 1 unspecified atom stereocenters. The molecule has 2 heteroatoms. The Morgan fingerprint density at radius 2 is 2.15 bits per heavy atom. The normalized spacial score (nSPS) is 25.8. The van der Waals surface area contributed by atoms with Gasteiger partial charge < -0.3 is 10.6 Å². The third-order valence-electron chi connectivity index (χ3n) is 3.06. The molecule has 0 aromatic rings. The monoisotopic (exact) mass is 184 g/mol. The Morgan fingerprint density at radius 3 is 2.85 bits per heavy atom. The summed E-state index contributed by atoms with van der Waals surface area (Å²) in [7, 11) is 0. The fourth-order valence-corrected chi connectivity index (χ4v) is 2.29. The molecule has 1 heterocycles. The standard InChI is InChI=1S/C11H24N2/c1-2-8-13-9-3-4-11(5-7-12)6-10-13/h11H,2-10,12H2,1H3. The Bertz CT molecular complexity index is 111. The van der Waals surface area contributed by atoms with Crippen molar-refractivity contribution >= 4 is 0 Å². The van der Waals surface area contributed by atoms with Crippen molar-refractivity contribution in [1.29, 1.82) is 0 Å². The van der Waals surface area contributed by atoms with Gasteiger partial charge in [0.15, 0.2) is 0 Å². The Morgan fingerprint density at radius 1 is 1.31 bits per heavy atom.